The lowest BCUT2D eigenvalue weighted by atomic mass is 10.0. The predicted octanol–water partition coefficient (Wildman–Crippen LogP) is 3.10. The van der Waals surface area contributed by atoms with E-state index in [1.165, 1.54) is 24.0 Å². The zero-order valence-corrected chi connectivity index (χ0v) is 10.5. The van der Waals surface area contributed by atoms with Crippen molar-refractivity contribution in [3.63, 3.8) is 0 Å². The molecule has 0 radical (unpaired) electrons. The SMILES string of the molecule is COCCCCCc1ccc(N)c(C)c1.N. The van der Waals surface area contributed by atoms with Crippen molar-refractivity contribution in [3.05, 3.63) is 29.3 Å². The molecule has 0 amide bonds. The van der Waals surface area contributed by atoms with Gasteiger partial charge in [-0.25, -0.2) is 0 Å². The normalized spacial score (nSPS) is 9.88. The Hall–Kier alpha value is -1.06. The molecule has 0 unspecified atom stereocenters. The van der Waals surface area contributed by atoms with Crippen LogP contribution in [0.15, 0.2) is 18.2 Å². The summed E-state index contributed by atoms with van der Waals surface area (Å²) in [6.07, 6.45) is 4.76. The minimum absolute atomic E-state index is 0. The molecule has 0 saturated carbocycles. The molecule has 0 atom stereocenters. The molecular formula is C13H24N2O. The minimum atomic E-state index is 0. The zero-order valence-electron chi connectivity index (χ0n) is 10.5. The molecule has 0 aliphatic rings. The van der Waals surface area contributed by atoms with Crippen molar-refractivity contribution in [2.75, 3.05) is 19.5 Å². The maximum absolute atomic E-state index is 5.77. The summed E-state index contributed by atoms with van der Waals surface area (Å²) in [7, 11) is 1.75. The number of hydrogen-bond acceptors (Lipinski definition) is 3. The van der Waals surface area contributed by atoms with Gasteiger partial charge in [-0.05, 0) is 43.4 Å². The Kier molecular flexibility index (Phi) is 7.60. The molecule has 16 heavy (non-hydrogen) atoms. The zero-order chi connectivity index (χ0) is 11.1. The van der Waals surface area contributed by atoms with Crippen LogP contribution in [-0.4, -0.2) is 13.7 Å². The van der Waals surface area contributed by atoms with Gasteiger partial charge in [0.05, 0.1) is 0 Å². The third kappa shape index (κ3) is 5.14. The lowest BCUT2D eigenvalue weighted by Crippen LogP contribution is -1.93. The lowest BCUT2D eigenvalue weighted by molar-refractivity contribution is 0.192. The lowest BCUT2D eigenvalue weighted by Gasteiger charge is -2.05. The van der Waals surface area contributed by atoms with E-state index in [1.54, 1.807) is 7.11 Å². The number of rotatable bonds is 6. The highest BCUT2D eigenvalue weighted by Gasteiger charge is 1.97. The average molecular weight is 224 g/mol. The van der Waals surface area contributed by atoms with E-state index in [9.17, 15) is 0 Å². The molecule has 0 spiro atoms. The number of benzene rings is 1. The molecule has 92 valence electrons. The van der Waals surface area contributed by atoms with Crippen molar-refractivity contribution < 1.29 is 4.74 Å². The van der Waals surface area contributed by atoms with Crippen molar-refractivity contribution in [3.8, 4) is 0 Å². The molecule has 0 aliphatic carbocycles. The van der Waals surface area contributed by atoms with Gasteiger partial charge in [-0.2, -0.15) is 0 Å². The first-order valence-corrected chi connectivity index (χ1v) is 5.58. The number of hydrogen-bond donors (Lipinski definition) is 2. The molecule has 3 heteroatoms. The highest BCUT2D eigenvalue weighted by atomic mass is 16.5. The van der Waals surface area contributed by atoms with Crippen LogP contribution in [-0.2, 0) is 11.2 Å². The topological polar surface area (TPSA) is 70.2 Å². The van der Waals surface area contributed by atoms with Crippen molar-refractivity contribution in [2.45, 2.75) is 32.6 Å². The maximum Gasteiger partial charge on any atom is 0.0462 e. The summed E-state index contributed by atoms with van der Waals surface area (Å²) in [6, 6.07) is 6.31. The van der Waals surface area contributed by atoms with Crippen LogP contribution in [0.1, 0.15) is 30.4 Å². The molecule has 0 fully saturated rings. The largest absolute Gasteiger partial charge is 0.399 e. The summed E-state index contributed by atoms with van der Waals surface area (Å²) < 4.78 is 5.01. The monoisotopic (exact) mass is 224 g/mol. The van der Waals surface area contributed by atoms with Gasteiger partial charge in [0, 0.05) is 19.4 Å². The van der Waals surface area contributed by atoms with Crippen molar-refractivity contribution in [1.82, 2.24) is 6.15 Å². The molecule has 0 aromatic heterocycles. The Bertz CT molecular complexity index is 300. The summed E-state index contributed by atoms with van der Waals surface area (Å²) in [6.45, 7) is 2.94. The molecule has 0 saturated heterocycles. The second kappa shape index (κ2) is 8.13. The third-order valence-corrected chi connectivity index (χ3v) is 2.65. The third-order valence-electron chi connectivity index (χ3n) is 2.65. The summed E-state index contributed by atoms with van der Waals surface area (Å²) in [5, 5.41) is 0. The van der Waals surface area contributed by atoms with Gasteiger partial charge in [-0.1, -0.05) is 18.6 Å². The van der Waals surface area contributed by atoms with Crippen molar-refractivity contribution >= 4 is 5.69 Å². The second-order valence-corrected chi connectivity index (χ2v) is 3.99. The molecule has 0 bridgehead atoms. The van der Waals surface area contributed by atoms with Crippen LogP contribution in [0.4, 0.5) is 5.69 Å². The fourth-order valence-electron chi connectivity index (χ4n) is 1.65. The number of unbranched alkanes of at least 4 members (excludes halogenated alkanes) is 2. The van der Waals surface area contributed by atoms with Crippen LogP contribution >= 0.6 is 0 Å². The molecule has 1 aromatic carbocycles. The smallest absolute Gasteiger partial charge is 0.0462 e. The van der Waals surface area contributed by atoms with Crippen LogP contribution < -0.4 is 11.9 Å². The van der Waals surface area contributed by atoms with E-state index in [0.717, 1.165) is 25.1 Å². The minimum Gasteiger partial charge on any atom is -0.399 e. The Labute approximate surface area is 98.6 Å². The van der Waals surface area contributed by atoms with Gasteiger partial charge >= 0.3 is 0 Å². The number of nitrogen functional groups attached to an aromatic ring is 1. The number of nitrogens with two attached hydrogens (primary N) is 1. The number of ether oxygens (including phenoxy) is 1. The average Bonchev–Trinajstić information content (AvgIpc) is 2.23. The number of aryl methyl sites for hydroxylation is 2. The highest BCUT2D eigenvalue weighted by molar-refractivity contribution is 5.47. The Morgan fingerprint density at radius 1 is 1.19 bits per heavy atom. The summed E-state index contributed by atoms with van der Waals surface area (Å²) in [4.78, 5) is 0. The second-order valence-electron chi connectivity index (χ2n) is 3.99. The first kappa shape index (κ1) is 14.9. The molecule has 1 aromatic rings. The van der Waals surface area contributed by atoms with E-state index in [0.29, 0.717) is 0 Å². The quantitative estimate of drug-likeness (QED) is 0.576. The van der Waals surface area contributed by atoms with E-state index in [1.807, 2.05) is 6.07 Å². The van der Waals surface area contributed by atoms with Crippen LogP contribution in [0.2, 0.25) is 0 Å². The molecule has 5 N–H and O–H groups in total. The molecule has 3 nitrogen and oxygen atoms in total. The van der Waals surface area contributed by atoms with Crippen LogP contribution in [0.3, 0.4) is 0 Å². The Balaban J connectivity index is 0.00000225. The van der Waals surface area contributed by atoms with Gasteiger partial charge in [0.2, 0.25) is 0 Å². The molecule has 0 aliphatic heterocycles. The van der Waals surface area contributed by atoms with Crippen LogP contribution in [0.5, 0.6) is 0 Å². The van der Waals surface area contributed by atoms with E-state index < -0.39 is 0 Å². The Morgan fingerprint density at radius 2 is 1.94 bits per heavy atom. The standard InChI is InChI=1S/C13H21NO.H3N/c1-11-10-12(7-8-13(11)14)6-4-3-5-9-15-2;/h7-8,10H,3-6,9,14H2,1-2H3;1H3. The van der Waals surface area contributed by atoms with Crippen molar-refractivity contribution in [2.24, 2.45) is 0 Å². The van der Waals surface area contributed by atoms with Crippen LogP contribution in [0, 0.1) is 6.92 Å². The Morgan fingerprint density at radius 3 is 2.56 bits per heavy atom. The molecular weight excluding hydrogens is 200 g/mol. The molecule has 0 heterocycles. The maximum atomic E-state index is 5.77. The van der Waals surface area contributed by atoms with E-state index in [2.05, 4.69) is 19.1 Å². The fourth-order valence-corrected chi connectivity index (χ4v) is 1.65. The summed E-state index contributed by atoms with van der Waals surface area (Å²) in [5.41, 5.74) is 9.23. The first-order valence-electron chi connectivity index (χ1n) is 5.58. The van der Waals surface area contributed by atoms with Crippen LogP contribution in [0.25, 0.3) is 0 Å². The first-order chi connectivity index (χ1) is 7.24. The van der Waals surface area contributed by atoms with Gasteiger partial charge < -0.3 is 16.6 Å². The van der Waals surface area contributed by atoms with Gasteiger partial charge in [-0.3, -0.25) is 0 Å². The predicted molar refractivity (Wildman–Crippen MR) is 70.0 cm³/mol. The van der Waals surface area contributed by atoms with E-state index in [-0.39, 0.29) is 6.15 Å². The highest BCUT2D eigenvalue weighted by Crippen LogP contribution is 2.14. The van der Waals surface area contributed by atoms with Gasteiger partial charge in [0.25, 0.3) is 0 Å². The van der Waals surface area contributed by atoms with Gasteiger partial charge in [0.15, 0.2) is 0 Å². The number of methoxy groups -OCH3 is 1. The van der Waals surface area contributed by atoms with Gasteiger partial charge in [0.1, 0.15) is 0 Å². The summed E-state index contributed by atoms with van der Waals surface area (Å²) >= 11 is 0. The number of anilines is 1. The van der Waals surface area contributed by atoms with Gasteiger partial charge in [-0.15, -0.1) is 0 Å². The van der Waals surface area contributed by atoms with E-state index >= 15 is 0 Å². The fraction of sp³-hybridized carbons (Fsp3) is 0.538. The van der Waals surface area contributed by atoms with E-state index in [4.69, 9.17) is 10.5 Å². The summed E-state index contributed by atoms with van der Waals surface area (Å²) in [5.74, 6) is 0. The van der Waals surface area contributed by atoms with Crippen molar-refractivity contribution in [1.29, 1.82) is 0 Å². The molecule has 1 rings (SSSR count).